The molecule has 2 aromatic carbocycles. The van der Waals surface area contributed by atoms with Gasteiger partial charge in [0.05, 0.1) is 49.6 Å². The summed E-state index contributed by atoms with van der Waals surface area (Å²) in [6.45, 7) is 1.74. The number of pyridine rings is 1. The second kappa shape index (κ2) is 11.7. The van der Waals surface area contributed by atoms with E-state index in [9.17, 15) is 9.18 Å². The molecule has 1 saturated carbocycles. The molecule has 1 amide bonds. The van der Waals surface area contributed by atoms with Crippen LogP contribution >= 0.6 is 0 Å². The van der Waals surface area contributed by atoms with Crippen molar-refractivity contribution in [2.45, 2.75) is 31.5 Å². The fraction of sp³-hybridized carbons (Fsp3) is 0.273. The standard InChI is InChI=1S/C33H31FN6O4/c1-39(19-20-3-10-24(42-2)11-4-20)29-16-27(38-40-30(18-36-31(29)40)32(41)37-28-15-25(28)34)22-7-5-21(6-8-22)26-12-9-23(17-35-26)33-43-13-14-44-33/h3-12,16-18,25,28,33H,13-15,19H2,1-2H3,(H,37,41)/t25-,28+/m0/s1. The Labute approximate surface area is 253 Å². The minimum atomic E-state index is -1.01. The van der Waals surface area contributed by atoms with Crippen LogP contribution in [0, 0.1) is 0 Å². The molecule has 1 aliphatic heterocycles. The van der Waals surface area contributed by atoms with Gasteiger partial charge < -0.3 is 24.4 Å². The maximum atomic E-state index is 13.6. The van der Waals surface area contributed by atoms with Crippen LogP contribution in [0.2, 0.25) is 0 Å². The summed E-state index contributed by atoms with van der Waals surface area (Å²) < 4.78 is 31.5. The number of carbonyl (C=O) groups excluding carboxylic acids is 1. The molecule has 2 atom stereocenters. The van der Waals surface area contributed by atoms with Gasteiger partial charge in [-0.1, -0.05) is 42.5 Å². The molecule has 0 bridgehead atoms. The van der Waals surface area contributed by atoms with E-state index < -0.39 is 18.1 Å². The highest BCUT2D eigenvalue weighted by Gasteiger charge is 2.39. The summed E-state index contributed by atoms with van der Waals surface area (Å²) in [7, 11) is 3.61. The lowest BCUT2D eigenvalue weighted by Crippen LogP contribution is -2.28. The van der Waals surface area contributed by atoms with Gasteiger partial charge in [0.2, 0.25) is 0 Å². The van der Waals surface area contributed by atoms with Crippen molar-refractivity contribution in [3.05, 3.63) is 95.9 Å². The molecule has 1 aliphatic carbocycles. The quantitative estimate of drug-likeness (QED) is 0.255. The van der Waals surface area contributed by atoms with Crippen molar-refractivity contribution in [1.29, 1.82) is 0 Å². The maximum Gasteiger partial charge on any atom is 0.271 e. The van der Waals surface area contributed by atoms with E-state index in [2.05, 4.69) is 20.2 Å². The highest BCUT2D eigenvalue weighted by atomic mass is 19.1. The van der Waals surface area contributed by atoms with Crippen LogP contribution in [-0.4, -0.2) is 65.1 Å². The molecule has 5 aromatic rings. The third-order valence-corrected chi connectivity index (χ3v) is 7.86. The number of hydrogen-bond acceptors (Lipinski definition) is 8. The van der Waals surface area contributed by atoms with Crippen LogP contribution in [0.1, 0.15) is 34.3 Å². The van der Waals surface area contributed by atoms with Gasteiger partial charge in [-0.15, -0.1) is 0 Å². The summed E-state index contributed by atoms with van der Waals surface area (Å²) in [5, 5.41) is 7.56. The maximum absolute atomic E-state index is 13.6. The number of imidazole rings is 1. The molecule has 11 heteroatoms. The van der Waals surface area contributed by atoms with E-state index in [4.69, 9.17) is 19.3 Å². The number of alkyl halides is 1. The first kappa shape index (κ1) is 27.9. The SMILES string of the molecule is COc1ccc(CN(C)c2cc(-c3ccc(-c4ccc(C5OCCO5)cn4)cc3)nn3c(C(=O)N[C@@H]4C[C@@H]4F)cnc23)cc1. The molecular formula is C33H31FN6O4. The van der Waals surface area contributed by atoms with E-state index in [0.717, 1.165) is 39.4 Å². The van der Waals surface area contributed by atoms with Crippen LogP contribution < -0.4 is 15.0 Å². The number of rotatable bonds is 9. The van der Waals surface area contributed by atoms with Crippen molar-refractivity contribution in [2.24, 2.45) is 0 Å². The zero-order chi connectivity index (χ0) is 30.2. The number of fused-ring (bicyclic) bond motifs is 1. The van der Waals surface area contributed by atoms with Crippen molar-refractivity contribution < 1.29 is 23.4 Å². The molecule has 0 unspecified atom stereocenters. The number of carbonyl (C=O) groups is 1. The first-order chi connectivity index (χ1) is 21.5. The van der Waals surface area contributed by atoms with E-state index in [-0.39, 0.29) is 12.0 Å². The van der Waals surface area contributed by atoms with E-state index in [1.165, 1.54) is 6.20 Å². The topological polar surface area (TPSA) is 103 Å². The fourth-order valence-corrected chi connectivity index (χ4v) is 5.25. The number of aromatic nitrogens is 4. The molecule has 7 rings (SSSR count). The molecule has 2 fully saturated rings. The minimum absolute atomic E-state index is 0.246. The number of ether oxygens (including phenoxy) is 3. The van der Waals surface area contributed by atoms with Gasteiger partial charge in [0, 0.05) is 42.9 Å². The smallest absolute Gasteiger partial charge is 0.271 e. The molecule has 224 valence electrons. The average molecular weight is 595 g/mol. The van der Waals surface area contributed by atoms with Gasteiger partial charge in [-0.05, 0) is 29.8 Å². The number of halogens is 1. The number of benzene rings is 2. The molecule has 1 N–H and O–H groups in total. The third-order valence-electron chi connectivity index (χ3n) is 7.86. The Morgan fingerprint density at radius 2 is 1.70 bits per heavy atom. The van der Waals surface area contributed by atoms with Gasteiger partial charge in [0.1, 0.15) is 11.9 Å². The summed E-state index contributed by atoms with van der Waals surface area (Å²) >= 11 is 0. The van der Waals surface area contributed by atoms with Crippen LogP contribution in [-0.2, 0) is 16.0 Å². The second-order valence-electron chi connectivity index (χ2n) is 11.0. The van der Waals surface area contributed by atoms with Gasteiger partial charge in [0.15, 0.2) is 17.6 Å². The first-order valence-electron chi connectivity index (χ1n) is 14.4. The first-order valence-corrected chi connectivity index (χ1v) is 14.4. The van der Waals surface area contributed by atoms with Gasteiger partial charge in [-0.25, -0.2) is 13.9 Å². The number of nitrogens with one attached hydrogen (secondary N) is 1. The summed E-state index contributed by atoms with van der Waals surface area (Å²) in [5.74, 6) is 0.376. The highest BCUT2D eigenvalue weighted by molar-refractivity contribution is 5.94. The number of amides is 1. The number of methoxy groups -OCH3 is 1. The van der Waals surface area contributed by atoms with Crippen LogP contribution in [0.25, 0.3) is 28.2 Å². The van der Waals surface area contributed by atoms with E-state index in [1.807, 2.05) is 73.8 Å². The van der Waals surface area contributed by atoms with Gasteiger partial charge >= 0.3 is 0 Å². The molecule has 2 aliphatic rings. The predicted octanol–water partition coefficient (Wildman–Crippen LogP) is 4.99. The monoisotopic (exact) mass is 594 g/mol. The third kappa shape index (κ3) is 5.59. The Morgan fingerprint density at radius 1 is 1.00 bits per heavy atom. The molecule has 0 radical (unpaired) electrons. The van der Waals surface area contributed by atoms with Crippen molar-refractivity contribution in [1.82, 2.24) is 24.9 Å². The predicted molar refractivity (Wildman–Crippen MR) is 162 cm³/mol. The lowest BCUT2D eigenvalue weighted by atomic mass is 10.1. The fourth-order valence-electron chi connectivity index (χ4n) is 5.25. The zero-order valence-corrected chi connectivity index (χ0v) is 24.3. The van der Waals surface area contributed by atoms with Crippen molar-refractivity contribution in [2.75, 3.05) is 32.3 Å². The van der Waals surface area contributed by atoms with E-state index >= 15 is 0 Å². The Hall–Kier alpha value is -4.87. The van der Waals surface area contributed by atoms with Crippen molar-refractivity contribution >= 4 is 17.2 Å². The Kier molecular flexibility index (Phi) is 7.41. The van der Waals surface area contributed by atoms with Crippen LogP contribution in [0.15, 0.2) is 79.1 Å². The molecule has 10 nitrogen and oxygen atoms in total. The highest BCUT2D eigenvalue weighted by Crippen LogP contribution is 2.31. The van der Waals surface area contributed by atoms with Crippen LogP contribution in [0.4, 0.5) is 10.1 Å². The van der Waals surface area contributed by atoms with Crippen LogP contribution in [0.3, 0.4) is 0 Å². The van der Waals surface area contributed by atoms with Gasteiger partial charge in [0.25, 0.3) is 5.91 Å². The number of hydrogen-bond donors (Lipinski definition) is 1. The zero-order valence-electron chi connectivity index (χ0n) is 24.3. The Bertz CT molecular complexity index is 1790. The normalized spacial score (nSPS) is 18.0. The number of anilines is 1. The molecular weight excluding hydrogens is 563 g/mol. The van der Waals surface area contributed by atoms with Crippen molar-refractivity contribution in [3.63, 3.8) is 0 Å². The van der Waals surface area contributed by atoms with E-state index in [0.29, 0.717) is 37.5 Å². The summed E-state index contributed by atoms with van der Waals surface area (Å²) in [4.78, 5) is 24.3. The second-order valence-corrected chi connectivity index (χ2v) is 11.0. The van der Waals surface area contributed by atoms with Crippen LogP contribution in [0.5, 0.6) is 5.75 Å². The lowest BCUT2D eigenvalue weighted by Gasteiger charge is -2.21. The lowest BCUT2D eigenvalue weighted by molar-refractivity contribution is -0.0443. The molecule has 0 spiro atoms. The van der Waals surface area contributed by atoms with E-state index in [1.54, 1.807) is 17.8 Å². The number of nitrogens with zero attached hydrogens (tertiary/aromatic N) is 5. The van der Waals surface area contributed by atoms with Crippen molar-refractivity contribution in [3.8, 4) is 28.3 Å². The average Bonchev–Trinajstić information content (AvgIpc) is 3.43. The summed E-state index contributed by atoms with van der Waals surface area (Å²) in [5.41, 5.74) is 6.79. The van der Waals surface area contributed by atoms with Gasteiger partial charge in [-0.3, -0.25) is 9.78 Å². The molecule has 44 heavy (non-hydrogen) atoms. The minimum Gasteiger partial charge on any atom is -0.497 e. The molecule has 3 aromatic heterocycles. The molecule has 1 saturated heterocycles. The largest absolute Gasteiger partial charge is 0.497 e. The van der Waals surface area contributed by atoms with Gasteiger partial charge in [-0.2, -0.15) is 5.10 Å². The molecule has 4 heterocycles. The Balaban J connectivity index is 1.21. The summed E-state index contributed by atoms with van der Waals surface area (Å²) in [6.07, 6.45) is 2.21. The Morgan fingerprint density at radius 3 is 2.34 bits per heavy atom. The summed E-state index contributed by atoms with van der Waals surface area (Å²) in [6, 6.07) is 21.2.